The normalized spacial score (nSPS) is 14.0. The molecule has 4 unspecified atom stereocenters. The molecule has 13 heteroatoms. The zero-order valence-electron chi connectivity index (χ0n) is 21.0. The molecule has 0 heterocycles. The highest BCUT2D eigenvalue weighted by molar-refractivity contribution is 7.98. The minimum atomic E-state index is -1.42. The van der Waals surface area contributed by atoms with Gasteiger partial charge in [0.05, 0.1) is 12.5 Å². The van der Waals surface area contributed by atoms with Crippen molar-refractivity contribution in [1.82, 2.24) is 16.0 Å². The molecule has 37 heavy (non-hydrogen) atoms. The van der Waals surface area contributed by atoms with Crippen molar-refractivity contribution in [1.29, 1.82) is 0 Å². The molecule has 0 aliphatic rings. The van der Waals surface area contributed by atoms with E-state index in [1.807, 2.05) is 30.3 Å². The lowest BCUT2D eigenvalue weighted by Crippen LogP contribution is -2.58. The van der Waals surface area contributed by atoms with E-state index < -0.39 is 60.2 Å². The Morgan fingerprint density at radius 2 is 1.49 bits per heavy atom. The lowest BCUT2D eigenvalue weighted by Gasteiger charge is -2.25. The van der Waals surface area contributed by atoms with Crippen molar-refractivity contribution in [3.63, 3.8) is 0 Å². The van der Waals surface area contributed by atoms with Crippen molar-refractivity contribution in [2.75, 3.05) is 18.6 Å². The zero-order valence-corrected chi connectivity index (χ0v) is 21.8. The molecule has 1 rings (SSSR count). The summed E-state index contributed by atoms with van der Waals surface area (Å²) in [6.07, 6.45) is 2.95. The third-order valence-electron chi connectivity index (χ3n) is 5.48. The second kappa shape index (κ2) is 17.3. The second-order valence-corrected chi connectivity index (χ2v) is 9.54. The summed E-state index contributed by atoms with van der Waals surface area (Å²) < 4.78 is 0. The number of carbonyl (C=O) groups excluding carboxylic acids is 4. The van der Waals surface area contributed by atoms with Crippen LogP contribution in [0.25, 0.3) is 0 Å². The van der Waals surface area contributed by atoms with Crippen molar-refractivity contribution in [3.05, 3.63) is 35.9 Å². The molecule has 1 aromatic carbocycles. The fourth-order valence-corrected chi connectivity index (χ4v) is 3.92. The van der Waals surface area contributed by atoms with Crippen molar-refractivity contribution in [3.8, 4) is 0 Å². The number of thioether (sulfide) groups is 1. The minimum Gasteiger partial charge on any atom is -0.480 e. The number of amides is 4. The van der Waals surface area contributed by atoms with Gasteiger partial charge in [0.15, 0.2) is 0 Å². The van der Waals surface area contributed by atoms with Crippen molar-refractivity contribution >= 4 is 41.4 Å². The summed E-state index contributed by atoms with van der Waals surface area (Å²) in [5, 5.41) is 16.8. The number of nitrogens with two attached hydrogens (primary N) is 3. The first kappa shape index (κ1) is 31.9. The summed E-state index contributed by atoms with van der Waals surface area (Å²) in [5.41, 5.74) is 17.7. The number of unbranched alkanes of at least 4 members (excludes halogenated alkanes) is 1. The number of carboxylic acids is 1. The highest BCUT2D eigenvalue weighted by Gasteiger charge is 2.31. The van der Waals surface area contributed by atoms with E-state index in [-0.39, 0.29) is 19.3 Å². The average molecular weight is 539 g/mol. The zero-order chi connectivity index (χ0) is 27.8. The Morgan fingerprint density at radius 3 is 2.05 bits per heavy atom. The monoisotopic (exact) mass is 538 g/mol. The SMILES string of the molecule is CSCCC(NC(=O)C(CC(N)=O)NC(=O)C(CCCCN)NC(=O)C(N)Cc1ccccc1)C(=O)O. The summed E-state index contributed by atoms with van der Waals surface area (Å²) in [6.45, 7) is 0.384. The van der Waals surface area contributed by atoms with Gasteiger partial charge in [-0.25, -0.2) is 4.79 Å². The Bertz CT molecular complexity index is 903. The van der Waals surface area contributed by atoms with E-state index in [4.69, 9.17) is 17.2 Å². The summed E-state index contributed by atoms with van der Waals surface area (Å²) in [5.74, 6) is -3.79. The maximum Gasteiger partial charge on any atom is 0.326 e. The molecule has 0 radical (unpaired) electrons. The second-order valence-electron chi connectivity index (χ2n) is 8.55. The number of aliphatic carboxylic acids is 1. The summed E-state index contributed by atoms with van der Waals surface area (Å²) in [6, 6.07) is 4.53. The molecule has 4 amide bonds. The smallest absolute Gasteiger partial charge is 0.326 e. The van der Waals surface area contributed by atoms with E-state index in [9.17, 15) is 29.1 Å². The molecule has 0 saturated carbocycles. The van der Waals surface area contributed by atoms with Crippen molar-refractivity contribution in [2.45, 2.75) is 62.7 Å². The maximum absolute atomic E-state index is 13.1. The third-order valence-corrected chi connectivity index (χ3v) is 6.12. The van der Waals surface area contributed by atoms with E-state index in [2.05, 4.69) is 16.0 Å². The molecule has 10 N–H and O–H groups in total. The predicted molar refractivity (Wildman–Crippen MR) is 141 cm³/mol. The van der Waals surface area contributed by atoms with E-state index in [0.29, 0.717) is 25.1 Å². The number of carboxylic acid groups (broad SMARTS) is 1. The number of primary amides is 1. The van der Waals surface area contributed by atoms with Gasteiger partial charge in [-0.05, 0) is 56.2 Å². The first-order chi connectivity index (χ1) is 17.6. The molecule has 0 saturated heterocycles. The molecule has 0 aliphatic heterocycles. The molecule has 0 aromatic heterocycles. The fourth-order valence-electron chi connectivity index (χ4n) is 3.45. The quantitative estimate of drug-likeness (QED) is 0.112. The van der Waals surface area contributed by atoms with Crippen molar-refractivity contribution < 1.29 is 29.1 Å². The van der Waals surface area contributed by atoms with Gasteiger partial charge in [-0.15, -0.1) is 0 Å². The number of carbonyl (C=O) groups is 5. The highest BCUT2D eigenvalue weighted by Crippen LogP contribution is 2.07. The summed E-state index contributed by atoms with van der Waals surface area (Å²) in [4.78, 5) is 61.7. The van der Waals surface area contributed by atoms with E-state index in [1.165, 1.54) is 11.8 Å². The highest BCUT2D eigenvalue weighted by atomic mass is 32.2. The fraction of sp³-hybridized carbons (Fsp3) is 0.542. The molecule has 0 aliphatic carbocycles. The van der Waals surface area contributed by atoms with Gasteiger partial charge in [0.2, 0.25) is 23.6 Å². The topological polar surface area (TPSA) is 220 Å². The van der Waals surface area contributed by atoms with Gasteiger partial charge >= 0.3 is 5.97 Å². The Morgan fingerprint density at radius 1 is 0.892 bits per heavy atom. The predicted octanol–water partition coefficient (Wildman–Crippen LogP) is -1.15. The Balaban J connectivity index is 2.95. The van der Waals surface area contributed by atoms with Crippen LogP contribution in [0.3, 0.4) is 0 Å². The van der Waals surface area contributed by atoms with Gasteiger partial charge < -0.3 is 38.3 Å². The molecule has 206 valence electrons. The molecule has 0 fully saturated rings. The van der Waals surface area contributed by atoms with Crippen LogP contribution in [0, 0.1) is 0 Å². The van der Waals surface area contributed by atoms with Crippen molar-refractivity contribution in [2.24, 2.45) is 17.2 Å². The van der Waals surface area contributed by atoms with E-state index in [0.717, 1.165) is 5.56 Å². The van der Waals surface area contributed by atoms with Crippen LogP contribution in [0.5, 0.6) is 0 Å². The number of benzene rings is 1. The van der Waals surface area contributed by atoms with Gasteiger partial charge in [0.25, 0.3) is 0 Å². The first-order valence-electron chi connectivity index (χ1n) is 12.0. The third kappa shape index (κ3) is 12.6. The molecule has 4 atom stereocenters. The number of nitrogens with one attached hydrogen (secondary N) is 3. The van der Waals surface area contributed by atoms with Crippen LogP contribution in [-0.2, 0) is 30.4 Å². The Kier molecular flexibility index (Phi) is 14.9. The average Bonchev–Trinajstić information content (AvgIpc) is 2.85. The van der Waals surface area contributed by atoms with Crippen LogP contribution in [0.15, 0.2) is 30.3 Å². The summed E-state index contributed by atoms with van der Waals surface area (Å²) in [7, 11) is 0. The number of hydrogen-bond donors (Lipinski definition) is 7. The molecule has 12 nitrogen and oxygen atoms in total. The largest absolute Gasteiger partial charge is 0.480 e. The lowest BCUT2D eigenvalue weighted by atomic mass is 10.0. The van der Waals surface area contributed by atoms with Crippen LogP contribution in [0.4, 0.5) is 0 Å². The van der Waals surface area contributed by atoms with Crippen LogP contribution in [-0.4, -0.2) is 77.4 Å². The van der Waals surface area contributed by atoms with Crippen LogP contribution < -0.4 is 33.2 Å². The number of hydrogen-bond acceptors (Lipinski definition) is 8. The van der Waals surface area contributed by atoms with E-state index >= 15 is 0 Å². The van der Waals surface area contributed by atoms with Gasteiger partial charge in [0, 0.05) is 0 Å². The van der Waals surface area contributed by atoms with E-state index in [1.54, 1.807) is 6.26 Å². The molecular weight excluding hydrogens is 500 g/mol. The Hall–Kier alpha value is -3.16. The molecular formula is C24H38N6O6S. The van der Waals surface area contributed by atoms with Gasteiger partial charge in [-0.3, -0.25) is 19.2 Å². The summed E-state index contributed by atoms with van der Waals surface area (Å²) >= 11 is 1.41. The molecule has 1 aromatic rings. The van der Waals surface area contributed by atoms with Crippen LogP contribution in [0.2, 0.25) is 0 Å². The van der Waals surface area contributed by atoms with Gasteiger partial charge in [-0.1, -0.05) is 30.3 Å². The first-order valence-corrected chi connectivity index (χ1v) is 13.4. The minimum absolute atomic E-state index is 0.149. The molecule has 0 spiro atoms. The standard InChI is InChI=1S/C24H38N6O6S/c1-37-12-10-18(24(35)36)29-23(34)19(14-20(27)31)30-22(33)17(9-5-6-11-25)28-21(32)16(26)13-15-7-3-2-4-8-15/h2-4,7-8,16-19H,5-6,9-14,25-26H2,1H3,(H2,27,31)(H,28,32)(H,29,34)(H,30,33)(H,35,36). The van der Waals surface area contributed by atoms with Crippen LogP contribution in [0.1, 0.15) is 37.7 Å². The Labute approximate surface area is 220 Å². The van der Waals surface area contributed by atoms with Gasteiger partial charge in [-0.2, -0.15) is 11.8 Å². The molecule has 0 bridgehead atoms. The van der Waals surface area contributed by atoms with Gasteiger partial charge in [0.1, 0.15) is 18.1 Å². The maximum atomic E-state index is 13.1. The van der Waals surface area contributed by atoms with Crippen LogP contribution >= 0.6 is 11.8 Å². The lowest BCUT2D eigenvalue weighted by molar-refractivity contribution is -0.142. The number of rotatable bonds is 18.